The van der Waals surface area contributed by atoms with E-state index in [1.165, 1.54) is 12.1 Å². The minimum Gasteiger partial charge on any atom is -0.491 e. The maximum Gasteiger partial charge on any atom is 0.416 e. The molecular weight excluding hydrogens is 333 g/mol. The van der Waals surface area contributed by atoms with E-state index in [9.17, 15) is 23.4 Å². The van der Waals surface area contributed by atoms with Crippen LogP contribution in [0, 0.1) is 11.8 Å². The largest absolute Gasteiger partial charge is 0.491 e. The van der Waals surface area contributed by atoms with E-state index in [4.69, 9.17) is 4.74 Å². The quantitative estimate of drug-likeness (QED) is 0.719. The molecule has 0 radical (unpaired) electrons. The molecule has 0 spiro atoms. The summed E-state index contributed by atoms with van der Waals surface area (Å²) in [6.07, 6.45) is 1.87. The van der Waals surface area contributed by atoms with Gasteiger partial charge in [0.15, 0.2) is 0 Å². The molecule has 0 aliphatic heterocycles. The molecule has 2 rings (SSSR count). The van der Waals surface area contributed by atoms with Crippen LogP contribution in [0.3, 0.4) is 0 Å². The van der Waals surface area contributed by atoms with E-state index in [0.717, 1.165) is 37.8 Å². The third kappa shape index (κ3) is 6.36. The highest BCUT2D eigenvalue weighted by atomic mass is 19.4. The van der Waals surface area contributed by atoms with Gasteiger partial charge in [0.25, 0.3) is 0 Å². The Bertz CT molecular complexity index is 569. The van der Waals surface area contributed by atoms with Crippen molar-refractivity contribution in [2.24, 2.45) is 11.8 Å². The van der Waals surface area contributed by atoms with Crippen molar-refractivity contribution in [3.8, 4) is 5.75 Å². The van der Waals surface area contributed by atoms with E-state index in [1.807, 2.05) is 6.08 Å². The Morgan fingerprint density at radius 3 is 2.72 bits per heavy atom. The third-order valence-corrected chi connectivity index (χ3v) is 4.52. The van der Waals surface area contributed by atoms with Gasteiger partial charge in [-0.1, -0.05) is 24.6 Å². The normalized spacial score (nSPS) is 23.8. The monoisotopic (exact) mass is 358 g/mol. The Kier molecular flexibility index (Phi) is 6.90. The lowest BCUT2D eigenvalue weighted by Gasteiger charge is -2.18. The molecule has 1 saturated carbocycles. The van der Waals surface area contributed by atoms with Gasteiger partial charge in [-0.15, -0.1) is 0 Å². The summed E-state index contributed by atoms with van der Waals surface area (Å²) in [5.74, 6) is 0.806. The number of rotatable bonds is 7. The summed E-state index contributed by atoms with van der Waals surface area (Å²) >= 11 is 0. The first-order valence-electron chi connectivity index (χ1n) is 8.60. The number of hydrogen-bond donors (Lipinski definition) is 2. The number of benzene rings is 1. The molecule has 2 N–H and O–H groups in total. The van der Waals surface area contributed by atoms with E-state index in [-0.39, 0.29) is 18.5 Å². The second-order valence-electron chi connectivity index (χ2n) is 6.73. The summed E-state index contributed by atoms with van der Waals surface area (Å²) in [4.78, 5) is 0. The number of aliphatic hydroxyl groups excluding tert-OH is 2. The van der Waals surface area contributed by atoms with Crippen LogP contribution in [0.25, 0.3) is 0 Å². The van der Waals surface area contributed by atoms with Crippen LogP contribution in [0.15, 0.2) is 36.4 Å². The van der Waals surface area contributed by atoms with Crippen molar-refractivity contribution in [3.63, 3.8) is 0 Å². The molecule has 3 nitrogen and oxygen atoms in total. The van der Waals surface area contributed by atoms with E-state index in [2.05, 4.69) is 0 Å². The van der Waals surface area contributed by atoms with Crippen molar-refractivity contribution < 1.29 is 28.1 Å². The van der Waals surface area contributed by atoms with Gasteiger partial charge >= 0.3 is 6.18 Å². The molecule has 1 aliphatic carbocycles. The van der Waals surface area contributed by atoms with Crippen molar-refractivity contribution in [1.82, 2.24) is 0 Å². The first-order chi connectivity index (χ1) is 11.8. The minimum atomic E-state index is -4.42. The molecule has 1 aliphatic rings. The Labute approximate surface area is 146 Å². The molecule has 0 aromatic heterocycles. The Balaban J connectivity index is 1.85. The molecule has 140 valence electrons. The Morgan fingerprint density at radius 1 is 1.28 bits per heavy atom. The fraction of sp³-hybridized carbons (Fsp3) is 0.579. The van der Waals surface area contributed by atoms with E-state index in [1.54, 1.807) is 13.0 Å². The van der Waals surface area contributed by atoms with Gasteiger partial charge < -0.3 is 14.9 Å². The van der Waals surface area contributed by atoms with Gasteiger partial charge in [0.1, 0.15) is 18.5 Å². The Morgan fingerprint density at radius 2 is 2.04 bits per heavy atom. The highest BCUT2D eigenvalue weighted by Crippen LogP contribution is 2.36. The summed E-state index contributed by atoms with van der Waals surface area (Å²) in [5.41, 5.74) is -0.776. The van der Waals surface area contributed by atoms with E-state index < -0.39 is 17.8 Å². The first-order valence-corrected chi connectivity index (χ1v) is 8.60. The fourth-order valence-corrected chi connectivity index (χ4v) is 3.32. The number of halogens is 3. The van der Waals surface area contributed by atoms with Gasteiger partial charge in [-0.05, 0) is 56.2 Å². The molecule has 0 saturated heterocycles. The molecule has 4 atom stereocenters. The molecule has 3 unspecified atom stereocenters. The zero-order chi connectivity index (χ0) is 18.4. The number of allylic oxidation sites excluding steroid dienone is 1. The first kappa shape index (κ1) is 19.8. The van der Waals surface area contributed by atoms with E-state index >= 15 is 0 Å². The van der Waals surface area contributed by atoms with Crippen LogP contribution < -0.4 is 4.74 Å². The fourth-order valence-electron chi connectivity index (χ4n) is 3.32. The van der Waals surface area contributed by atoms with Gasteiger partial charge in [0, 0.05) is 0 Å². The van der Waals surface area contributed by atoms with Crippen LogP contribution in [-0.2, 0) is 6.18 Å². The number of ether oxygens (including phenoxy) is 1. The van der Waals surface area contributed by atoms with Crippen LogP contribution in [0.2, 0.25) is 0 Å². The molecule has 1 aromatic carbocycles. The van der Waals surface area contributed by atoms with Gasteiger partial charge in [0.05, 0.1) is 11.7 Å². The SMILES string of the molecule is CC(O)C[C@H]1CCCC1/C=C/C(O)COc1cccc(C(F)(F)F)c1. The zero-order valence-electron chi connectivity index (χ0n) is 14.2. The predicted molar refractivity (Wildman–Crippen MR) is 89.2 cm³/mol. The zero-order valence-corrected chi connectivity index (χ0v) is 14.2. The lowest BCUT2D eigenvalue weighted by atomic mass is 9.90. The standard InChI is InChI=1S/C19H25F3O3/c1-13(23)10-15-5-2-4-14(15)8-9-17(24)12-25-18-7-3-6-16(11-18)19(20,21)22/h3,6-9,11,13-15,17,23-24H,2,4-5,10,12H2,1H3/b9-8+/t13?,14?,15-,17?/m1/s1. The maximum atomic E-state index is 12.7. The summed E-state index contributed by atoms with van der Waals surface area (Å²) in [6, 6.07) is 4.61. The van der Waals surface area contributed by atoms with Crippen molar-refractivity contribution >= 4 is 0 Å². The highest BCUT2D eigenvalue weighted by molar-refractivity contribution is 5.30. The smallest absolute Gasteiger partial charge is 0.416 e. The molecule has 6 heteroatoms. The van der Waals surface area contributed by atoms with Gasteiger partial charge in [-0.2, -0.15) is 13.2 Å². The molecule has 0 bridgehead atoms. The van der Waals surface area contributed by atoms with Gasteiger partial charge in [-0.25, -0.2) is 0 Å². The minimum absolute atomic E-state index is 0.0788. The van der Waals surface area contributed by atoms with Crippen LogP contribution in [0.1, 0.15) is 38.2 Å². The maximum absolute atomic E-state index is 12.7. The number of aliphatic hydroxyl groups is 2. The summed E-state index contributed by atoms with van der Waals surface area (Å²) in [7, 11) is 0. The van der Waals surface area contributed by atoms with Crippen LogP contribution in [-0.4, -0.2) is 29.0 Å². The molecule has 0 amide bonds. The summed E-state index contributed by atoms with van der Waals surface area (Å²) < 4.78 is 43.2. The van der Waals surface area contributed by atoms with Crippen LogP contribution >= 0.6 is 0 Å². The van der Waals surface area contributed by atoms with Crippen molar-refractivity contribution in [2.45, 2.75) is 51.0 Å². The third-order valence-electron chi connectivity index (χ3n) is 4.52. The molecule has 1 fully saturated rings. The van der Waals surface area contributed by atoms with E-state index in [0.29, 0.717) is 11.8 Å². The van der Waals surface area contributed by atoms with Crippen molar-refractivity contribution in [1.29, 1.82) is 0 Å². The topological polar surface area (TPSA) is 49.7 Å². The Hall–Kier alpha value is -1.53. The summed E-state index contributed by atoms with van der Waals surface area (Å²) in [6.45, 7) is 1.67. The number of hydrogen-bond acceptors (Lipinski definition) is 3. The molecule has 1 aromatic rings. The summed E-state index contributed by atoms with van der Waals surface area (Å²) in [5, 5.41) is 19.5. The second kappa shape index (κ2) is 8.72. The lowest BCUT2D eigenvalue weighted by Crippen LogP contribution is -2.17. The van der Waals surface area contributed by atoms with Crippen LogP contribution in [0.4, 0.5) is 13.2 Å². The highest BCUT2D eigenvalue weighted by Gasteiger charge is 2.30. The van der Waals surface area contributed by atoms with Gasteiger partial charge in [-0.3, -0.25) is 0 Å². The average molecular weight is 358 g/mol. The lowest BCUT2D eigenvalue weighted by molar-refractivity contribution is -0.137. The molecule has 0 heterocycles. The average Bonchev–Trinajstić information content (AvgIpc) is 2.97. The van der Waals surface area contributed by atoms with Crippen molar-refractivity contribution in [2.75, 3.05) is 6.61 Å². The molecule has 25 heavy (non-hydrogen) atoms. The number of alkyl halides is 3. The predicted octanol–water partition coefficient (Wildman–Crippen LogP) is 4.19. The molecular formula is C19H25F3O3. The van der Waals surface area contributed by atoms with Gasteiger partial charge in [0.2, 0.25) is 0 Å². The van der Waals surface area contributed by atoms with Crippen LogP contribution in [0.5, 0.6) is 5.75 Å². The van der Waals surface area contributed by atoms with Crippen molar-refractivity contribution in [3.05, 3.63) is 42.0 Å². The second-order valence-corrected chi connectivity index (χ2v) is 6.73.